The van der Waals surface area contributed by atoms with Gasteiger partial charge in [-0.1, -0.05) is 12.1 Å². The summed E-state index contributed by atoms with van der Waals surface area (Å²) in [6, 6.07) is 7.13. The van der Waals surface area contributed by atoms with Crippen molar-refractivity contribution >= 4 is 16.1 Å². The highest BCUT2D eigenvalue weighted by atomic mass is 32.2. The van der Waals surface area contributed by atoms with Crippen LogP contribution in [-0.2, 0) is 10.0 Å². The van der Waals surface area contributed by atoms with E-state index < -0.39 is 10.0 Å². The highest BCUT2D eigenvalue weighted by Crippen LogP contribution is 2.16. The third-order valence-electron chi connectivity index (χ3n) is 1.68. The lowest BCUT2D eigenvalue weighted by Gasteiger charge is -2.09. The van der Waals surface area contributed by atoms with Gasteiger partial charge in [-0.3, -0.25) is 0 Å². The zero-order chi connectivity index (χ0) is 12.2. The van der Waals surface area contributed by atoms with Crippen LogP contribution in [0.1, 0.15) is 19.4 Å². The summed E-state index contributed by atoms with van der Waals surface area (Å²) in [5, 5.41) is 5.82. The number of nitrogens with two attached hydrogens (primary N) is 1. The van der Waals surface area contributed by atoms with Gasteiger partial charge in [0.25, 0.3) is 0 Å². The van der Waals surface area contributed by atoms with E-state index in [1.165, 1.54) is 6.08 Å². The van der Waals surface area contributed by atoms with E-state index in [2.05, 4.69) is 0 Å². The molecular formula is C11H15NO3S. The Labute approximate surface area is 95.8 Å². The van der Waals surface area contributed by atoms with Crippen LogP contribution < -0.4 is 9.88 Å². The number of hydrogen-bond acceptors (Lipinski definition) is 3. The summed E-state index contributed by atoms with van der Waals surface area (Å²) >= 11 is 0. The Balaban J connectivity index is 2.87. The second-order valence-corrected chi connectivity index (χ2v) is 5.08. The summed E-state index contributed by atoms with van der Waals surface area (Å²) in [4.78, 5) is 0. The van der Waals surface area contributed by atoms with Gasteiger partial charge in [0.15, 0.2) is 0 Å². The van der Waals surface area contributed by atoms with Gasteiger partial charge in [-0.2, -0.15) is 0 Å². The lowest BCUT2D eigenvalue weighted by molar-refractivity contribution is 0.242. The second kappa shape index (κ2) is 5.14. The molecule has 88 valence electrons. The molecule has 1 aromatic carbocycles. The molecule has 0 aromatic heterocycles. The fraction of sp³-hybridized carbons (Fsp3) is 0.273. The van der Waals surface area contributed by atoms with Crippen molar-refractivity contribution in [2.75, 3.05) is 0 Å². The van der Waals surface area contributed by atoms with Gasteiger partial charge in [0.1, 0.15) is 5.75 Å². The molecule has 0 saturated carbocycles. The first-order valence-electron chi connectivity index (χ1n) is 4.84. The molecule has 0 aliphatic rings. The minimum atomic E-state index is -3.58. The summed E-state index contributed by atoms with van der Waals surface area (Å²) in [5.74, 6) is 0.701. The van der Waals surface area contributed by atoms with Crippen LogP contribution in [-0.4, -0.2) is 14.5 Å². The molecule has 0 fully saturated rings. The predicted octanol–water partition coefficient (Wildman–Crippen LogP) is 1.73. The molecule has 1 aromatic rings. The van der Waals surface area contributed by atoms with Crippen molar-refractivity contribution in [1.29, 1.82) is 0 Å². The standard InChI is InChI=1S/C11H15NO3S/c1-9(2)15-11-5-3-4-10(8-11)6-7-16(12,13)14/h3-9H,1-2H3,(H2,12,13,14)/b7-6+. The van der Waals surface area contributed by atoms with E-state index in [0.717, 1.165) is 11.0 Å². The van der Waals surface area contributed by atoms with E-state index in [0.29, 0.717) is 5.75 Å². The quantitative estimate of drug-likeness (QED) is 0.872. The summed E-state index contributed by atoms with van der Waals surface area (Å²) in [6.45, 7) is 3.85. The fourth-order valence-corrected chi connectivity index (χ4v) is 1.48. The van der Waals surface area contributed by atoms with Gasteiger partial charge in [0.05, 0.1) is 6.10 Å². The first-order valence-corrected chi connectivity index (χ1v) is 6.45. The molecule has 0 unspecified atom stereocenters. The maximum absolute atomic E-state index is 10.7. The minimum Gasteiger partial charge on any atom is -0.491 e. The number of benzene rings is 1. The average Bonchev–Trinajstić information content (AvgIpc) is 2.13. The van der Waals surface area contributed by atoms with Crippen LogP contribution in [0.5, 0.6) is 5.75 Å². The van der Waals surface area contributed by atoms with Gasteiger partial charge in [-0.25, -0.2) is 13.6 Å². The topological polar surface area (TPSA) is 69.4 Å². The van der Waals surface area contributed by atoms with Crippen molar-refractivity contribution in [3.63, 3.8) is 0 Å². The lowest BCUT2D eigenvalue weighted by atomic mass is 10.2. The van der Waals surface area contributed by atoms with Gasteiger partial charge < -0.3 is 4.74 Å². The van der Waals surface area contributed by atoms with Gasteiger partial charge in [0, 0.05) is 5.41 Å². The normalized spacial score (nSPS) is 12.2. The fourth-order valence-electron chi connectivity index (χ4n) is 1.14. The van der Waals surface area contributed by atoms with E-state index in [1.54, 1.807) is 18.2 Å². The first-order chi connectivity index (χ1) is 7.37. The van der Waals surface area contributed by atoms with Crippen LogP contribution in [0.4, 0.5) is 0 Å². The van der Waals surface area contributed by atoms with Crippen LogP contribution in [0.3, 0.4) is 0 Å². The van der Waals surface area contributed by atoms with Crippen molar-refractivity contribution in [1.82, 2.24) is 0 Å². The Hall–Kier alpha value is -1.33. The summed E-state index contributed by atoms with van der Waals surface area (Å²) in [6.07, 6.45) is 1.51. The molecule has 0 bridgehead atoms. The van der Waals surface area contributed by atoms with E-state index in [4.69, 9.17) is 9.88 Å². The smallest absolute Gasteiger partial charge is 0.231 e. The third kappa shape index (κ3) is 4.95. The highest BCUT2D eigenvalue weighted by Gasteiger charge is 1.98. The van der Waals surface area contributed by atoms with Crippen LogP contribution in [0.2, 0.25) is 0 Å². The minimum absolute atomic E-state index is 0.0810. The van der Waals surface area contributed by atoms with Crippen LogP contribution in [0.15, 0.2) is 29.7 Å². The Morgan fingerprint density at radius 2 is 2.06 bits per heavy atom. The molecule has 0 saturated heterocycles. The molecule has 16 heavy (non-hydrogen) atoms. The SMILES string of the molecule is CC(C)Oc1cccc(/C=C/S(N)(=O)=O)c1. The molecule has 0 amide bonds. The second-order valence-electron chi connectivity index (χ2n) is 3.63. The summed E-state index contributed by atoms with van der Waals surface area (Å²) in [7, 11) is -3.58. The van der Waals surface area contributed by atoms with E-state index >= 15 is 0 Å². The molecule has 0 radical (unpaired) electrons. The van der Waals surface area contributed by atoms with Crippen molar-refractivity contribution in [3.05, 3.63) is 35.2 Å². The van der Waals surface area contributed by atoms with Gasteiger partial charge in [-0.15, -0.1) is 0 Å². The maximum Gasteiger partial charge on any atom is 0.231 e. The van der Waals surface area contributed by atoms with Gasteiger partial charge in [-0.05, 0) is 37.6 Å². The van der Waals surface area contributed by atoms with E-state index in [1.807, 2.05) is 19.9 Å². The van der Waals surface area contributed by atoms with Gasteiger partial charge in [0.2, 0.25) is 10.0 Å². The van der Waals surface area contributed by atoms with Crippen molar-refractivity contribution in [2.24, 2.45) is 5.14 Å². The number of primary sulfonamides is 1. The molecule has 2 N–H and O–H groups in total. The molecular weight excluding hydrogens is 226 g/mol. The van der Waals surface area contributed by atoms with Gasteiger partial charge >= 0.3 is 0 Å². The Morgan fingerprint density at radius 3 is 2.62 bits per heavy atom. The number of sulfonamides is 1. The zero-order valence-corrected chi connectivity index (χ0v) is 10.1. The van der Waals surface area contributed by atoms with Crippen molar-refractivity contribution < 1.29 is 13.2 Å². The number of ether oxygens (including phenoxy) is 1. The highest BCUT2D eigenvalue weighted by molar-refractivity contribution is 7.92. The Kier molecular flexibility index (Phi) is 4.09. The molecule has 5 heteroatoms. The first kappa shape index (κ1) is 12.7. The molecule has 0 aliphatic carbocycles. The average molecular weight is 241 g/mol. The molecule has 0 atom stereocenters. The number of rotatable bonds is 4. The Bertz CT molecular complexity index is 478. The zero-order valence-electron chi connectivity index (χ0n) is 9.25. The molecule has 4 nitrogen and oxygen atoms in total. The van der Waals surface area contributed by atoms with Crippen LogP contribution >= 0.6 is 0 Å². The Morgan fingerprint density at radius 1 is 1.38 bits per heavy atom. The monoisotopic (exact) mass is 241 g/mol. The summed E-state index contributed by atoms with van der Waals surface area (Å²) < 4.78 is 26.9. The summed E-state index contributed by atoms with van der Waals surface area (Å²) in [5.41, 5.74) is 0.729. The van der Waals surface area contributed by atoms with Crippen LogP contribution in [0, 0.1) is 0 Å². The van der Waals surface area contributed by atoms with Crippen molar-refractivity contribution in [2.45, 2.75) is 20.0 Å². The largest absolute Gasteiger partial charge is 0.491 e. The van der Waals surface area contributed by atoms with Crippen molar-refractivity contribution in [3.8, 4) is 5.75 Å². The van der Waals surface area contributed by atoms with E-state index in [9.17, 15) is 8.42 Å². The molecule has 0 spiro atoms. The lowest BCUT2D eigenvalue weighted by Crippen LogP contribution is -2.07. The molecule has 1 rings (SSSR count). The third-order valence-corrected chi connectivity index (χ3v) is 2.20. The predicted molar refractivity (Wildman–Crippen MR) is 64.3 cm³/mol. The number of hydrogen-bond donors (Lipinski definition) is 1. The maximum atomic E-state index is 10.7. The van der Waals surface area contributed by atoms with Crippen LogP contribution in [0.25, 0.3) is 6.08 Å². The molecule has 0 aliphatic heterocycles. The van der Waals surface area contributed by atoms with E-state index in [-0.39, 0.29) is 6.10 Å². The molecule has 0 heterocycles.